The number of ether oxygens (including phenoxy) is 1. The molecule has 3 aromatic rings. The minimum absolute atomic E-state index is 0.166. The number of hydrogen-bond acceptors (Lipinski definition) is 5. The lowest BCUT2D eigenvalue weighted by atomic mass is 10.1. The highest BCUT2D eigenvalue weighted by molar-refractivity contribution is 6.30. The fourth-order valence-corrected chi connectivity index (χ4v) is 3.43. The smallest absolute Gasteiger partial charge is 0.337 e. The third-order valence-electron chi connectivity index (χ3n) is 4.90. The molecule has 30 heavy (non-hydrogen) atoms. The van der Waals surface area contributed by atoms with Gasteiger partial charge in [0.1, 0.15) is 6.04 Å². The van der Waals surface area contributed by atoms with Gasteiger partial charge in [0.05, 0.1) is 18.6 Å². The number of benzene rings is 1. The van der Waals surface area contributed by atoms with Gasteiger partial charge >= 0.3 is 11.7 Å². The third-order valence-corrected chi connectivity index (χ3v) is 5.13. The fourth-order valence-electron chi connectivity index (χ4n) is 3.25. The molecule has 0 aliphatic heterocycles. The van der Waals surface area contributed by atoms with Crippen molar-refractivity contribution in [2.24, 2.45) is 5.92 Å². The van der Waals surface area contributed by atoms with E-state index < -0.39 is 23.3 Å². The fraction of sp³-hybridized carbons (Fsp3) is 0.429. The minimum atomic E-state index is -0.772. The number of imidazole rings is 1. The van der Waals surface area contributed by atoms with Gasteiger partial charge in [0, 0.05) is 11.6 Å². The molecule has 9 heteroatoms. The van der Waals surface area contributed by atoms with Crippen molar-refractivity contribution in [2.75, 3.05) is 6.61 Å². The van der Waals surface area contributed by atoms with E-state index in [-0.39, 0.29) is 24.3 Å². The van der Waals surface area contributed by atoms with Crippen molar-refractivity contribution in [2.45, 2.75) is 46.7 Å². The van der Waals surface area contributed by atoms with Crippen LogP contribution in [0.3, 0.4) is 0 Å². The van der Waals surface area contributed by atoms with Crippen molar-refractivity contribution >= 4 is 28.7 Å². The Hall–Kier alpha value is -2.87. The summed E-state index contributed by atoms with van der Waals surface area (Å²) >= 11 is 6.13. The summed E-state index contributed by atoms with van der Waals surface area (Å²) in [7, 11) is 0. The average Bonchev–Trinajstić information content (AvgIpc) is 3.12. The molecular formula is C21H25ClN4O4. The second-order valence-electron chi connectivity index (χ2n) is 7.49. The van der Waals surface area contributed by atoms with E-state index in [0.29, 0.717) is 23.0 Å². The molecule has 2 aromatic heterocycles. The Balaban J connectivity index is 2.33. The van der Waals surface area contributed by atoms with Gasteiger partial charge < -0.3 is 9.30 Å². The number of fused-ring (bicyclic) bond motifs is 1. The zero-order chi connectivity index (χ0) is 22.0. The quantitative estimate of drug-likeness (QED) is 0.535. The maximum atomic E-state index is 13.3. The molecule has 3 rings (SSSR count). The molecule has 1 aromatic carbocycles. The van der Waals surface area contributed by atoms with Gasteiger partial charge in [0.2, 0.25) is 0 Å². The number of halogens is 1. The van der Waals surface area contributed by atoms with Gasteiger partial charge in [-0.3, -0.25) is 9.36 Å². The largest absolute Gasteiger partial charge is 0.464 e. The van der Waals surface area contributed by atoms with Gasteiger partial charge in [-0.1, -0.05) is 31.5 Å². The van der Waals surface area contributed by atoms with Gasteiger partial charge in [-0.15, -0.1) is 0 Å². The molecule has 0 bridgehead atoms. The summed E-state index contributed by atoms with van der Waals surface area (Å²) in [5, 5.41) is 0.451. The number of hydrogen-bond donors (Lipinski definition) is 0. The molecule has 0 unspecified atom stereocenters. The monoisotopic (exact) mass is 432 g/mol. The second-order valence-corrected chi connectivity index (χ2v) is 7.93. The van der Waals surface area contributed by atoms with Gasteiger partial charge in [-0.25, -0.2) is 19.1 Å². The standard InChI is InChI=1S/C21H25ClN4O4/c1-5-30-20(28)14(4)25-12-23-18-17(25)19(27)24(10-9-13(2)3)21(29)26(18)16-8-6-7-15(22)11-16/h6-8,11-14H,5,9-10H2,1-4H3/t14-/m0/s1. The first-order valence-electron chi connectivity index (χ1n) is 9.91. The Morgan fingerprint density at radius 3 is 2.60 bits per heavy atom. The summed E-state index contributed by atoms with van der Waals surface area (Å²) in [6, 6.07) is 6.00. The van der Waals surface area contributed by atoms with Gasteiger partial charge in [-0.2, -0.15) is 0 Å². The van der Waals surface area contributed by atoms with Crippen molar-refractivity contribution in [3.05, 3.63) is 56.5 Å². The number of rotatable bonds is 7. The maximum absolute atomic E-state index is 13.3. The van der Waals surface area contributed by atoms with Crippen LogP contribution in [0.15, 0.2) is 40.2 Å². The average molecular weight is 433 g/mol. The number of aromatic nitrogens is 4. The van der Waals surface area contributed by atoms with Crippen LogP contribution in [0.5, 0.6) is 0 Å². The van der Waals surface area contributed by atoms with Crippen LogP contribution in [0.4, 0.5) is 0 Å². The van der Waals surface area contributed by atoms with Crippen molar-refractivity contribution < 1.29 is 9.53 Å². The predicted molar refractivity (Wildman–Crippen MR) is 115 cm³/mol. The van der Waals surface area contributed by atoms with Crippen molar-refractivity contribution in [3.8, 4) is 5.69 Å². The van der Waals surface area contributed by atoms with E-state index in [2.05, 4.69) is 4.98 Å². The molecule has 0 radical (unpaired) electrons. The number of carbonyl (C=O) groups is 1. The Bertz CT molecular complexity index is 1190. The Morgan fingerprint density at radius 2 is 1.97 bits per heavy atom. The molecule has 0 spiro atoms. The highest BCUT2D eigenvalue weighted by Gasteiger charge is 2.24. The molecule has 0 aliphatic rings. The summed E-state index contributed by atoms with van der Waals surface area (Å²) in [5.74, 6) is -0.180. The van der Waals surface area contributed by atoms with E-state index in [0.717, 1.165) is 0 Å². The van der Waals surface area contributed by atoms with Crippen LogP contribution in [-0.2, 0) is 16.1 Å². The molecule has 0 saturated carbocycles. The summed E-state index contributed by atoms with van der Waals surface area (Å²) in [6.07, 6.45) is 2.04. The molecule has 0 amide bonds. The third kappa shape index (κ3) is 4.05. The normalized spacial score (nSPS) is 12.5. The number of nitrogens with zero attached hydrogens (tertiary/aromatic N) is 4. The van der Waals surface area contributed by atoms with Gasteiger partial charge in [-0.05, 0) is 44.4 Å². The van der Waals surface area contributed by atoms with E-state index in [1.54, 1.807) is 38.1 Å². The molecule has 160 valence electrons. The molecule has 0 aliphatic carbocycles. The van der Waals surface area contributed by atoms with E-state index in [4.69, 9.17) is 16.3 Å². The highest BCUT2D eigenvalue weighted by Crippen LogP contribution is 2.20. The van der Waals surface area contributed by atoms with Crippen molar-refractivity contribution in [1.82, 2.24) is 18.7 Å². The molecule has 1 atom stereocenters. The Morgan fingerprint density at radius 1 is 1.23 bits per heavy atom. The first-order chi connectivity index (χ1) is 14.3. The van der Waals surface area contributed by atoms with Gasteiger partial charge in [0.25, 0.3) is 5.56 Å². The van der Waals surface area contributed by atoms with Gasteiger partial charge in [0.15, 0.2) is 11.2 Å². The van der Waals surface area contributed by atoms with Crippen molar-refractivity contribution in [1.29, 1.82) is 0 Å². The van der Waals surface area contributed by atoms with Crippen molar-refractivity contribution in [3.63, 3.8) is 0 Å². The second kappa shape index (κ2) is 8.87. The zero-order valence-electron chi connectivity index (χ0n) is 17.5. The molecule has 8 nitrogen and oxygen atoms in total. The van der Waals surface area contributed by atoms with Crippen LogP contribution in [0, 0.1) is 5.92 Å². The first-order valence-corrected chi connectivity index (χ1v) is 10.3. The maximum Gasteiger partial charge on any atom is 0.337 e. The first kappa shape index (κ1) is 21.8. The van der Waals surface area contributed by atoms with Crippen LogP contribution in [0.2, 0.25) is 5.02 Å². The van der Waals surface area contributed by atoms with E-state index >= 15 is 0 Å². The molecule has 0 N–H and O–H groups in total. The topological polar surface area (TPSA) is 88.1 Å². The lowest BCUT2D eigenvalue weighted by Crippen LogP contribution is -2.40. The molecule has 0 fully saturated rings. The Labute approximate surface area is 178 Å². The molecule has 0 saturated heterocycles. The van der Waals surface area contributed by atoms with Crippen LogP contribution in [0.25, 0.3) is 16.9 Å². The predicted octanol–water partition coefficient (Wildman–Crippen LogP) is 3.17. The Kier molecular flexibility index (Phi) is 6.45. The van der Waals surface area contributed by atoms with Crippen LogP contribution >= 0.6 is 11.6 Å². The zero-order valence-corrected chi connectivity index (χ0v) is 18.2. The number of carbonyl (C=O) groups excluding carboxylic acids is 1. The molecule has 2 heterocycles. The van der Waals surface area contributed by atoms with E-state index in [1.807, 2.05) is 13.8 Å². The summed E-state index contributed by atoms with van der Waals surface area (Å²) in [5.41, 5.74) is -0.153. The highest BCUT2D eigenvalue weighted by atomic mass is 35.5. The van der Waals surface area contributed by atoms with Crippen LogP contribution in [-0.4, -0.2) is 31.3 Å². The summed E-state index contributed by atoms with van der Waals surface area (Å²) < 4.78 is 9.11. The molecular weight excluding hydrogens is 408 g/mol. The lowest BCUT2D eigenvalue weighted by Gasteiger charge is -2.16. The SMILES string of the molecule is CCOC(=O)[C@H](C)n1cnc2c1c(=O)n(CCC(C)C)c(=O)n2-c1cccc(Cl)c1. The van der Waals surface area contributed by atoms with E-state index in [9.17, 15) is 14.4 Å². The van der Waals surface area contributed by atoms with Crippen LogP contribution in [0.1, 0.15) is 40.2 Å². The summed E-state index contributed by atoms with van der Waals surface area (Å²) in [6.45, 7) is 7.86. The van der Waals surface area contributed by atoms with Crippen LogP contribution < -0.4 is 11.2 Å². The number of esters is 1. The van der Waals surface area contributed by atoms with E-state index in [1.165, 1.54) is 20.0 Å². The summed E-state index contributed by atoms with van der Waals surface area (Å²) in [4.78, 5) is 43.2. The lowest BCUT2D eigenvalue weighted by molar-refractivity contribution is -0.146. The minimum Gasteiger partial charge on any atom is -0.464 e.